The average Bonchev–Trinajstić information content (AvgIpc) is 2.61. The van der Waals surface area contributed by atoms with Crippen LogP contribution in [0.5, 0.6) is 0 Å². The Hall–Kier alpha value is -1.36. The molecule has 1 aromatic rings. The van der Waals surface area contributed by atoms with Gasteiger partial charge < -0.3 is 5.73 Å². The topological polar surface area (TPSA) is 80.9 Å². The van der Waals surface area contributed by atoms with Crippen LogP contribution in [-0.2, 0) is 7.05 Å². The Labute approximate surface area is 100.0 Å². The monoisotopic (exact) mass is 237 g/mol. The number of Topliss-reactive ketones (excluding diaryl/α,β-unsaturated/α-hetero) is 1. The first-order valence-corrected chi connectivity index (χ1v) is 6.11. The third-order valence-electron chi connectivity index (χ3n) is 3.56. The van der Waals surface area contributed by atoms with E-state index in [4.69, 9.17) is 5.73 Å². The third kappa shape index (κ3) is 2.85. The van der Waals surface area contributed by atoms with Gasteiger partial charge >= 0.3 is 0 Å². The van der Waals surface area contributed by atoms with Gasteiger partial charge in [-0.3, -0.25) is 19.4 Å². The van der Waals surface area contributed by atoms with Gasteiger partial charge in [0.05, 0.1) is 0 Å². The van der Waals surface area contributed by atoms with Crippen molar-refractivity contribution in [2.45, 2.75) is 38.1 Å². The van der Waals surface area contributed by atoms with Crippen molar-refractivity contribution in [1.29, 1.82) is 0 Å². The van der Waals surface area contributed by atoms with Crippen molar-refractivity contribution in [3.8, 4) is 0 Å². The maximum absolute atomic E-state index is 12.0. The van der Waals surface area contributed by atoms with Crippen LogP contribution in [0.25, 0.3) is 0 Å². The van der Waals surface area contributed by atoms with Crippen molar-refractivity contribution in [2.75, 3.05) is 0 Å². The van der Waals surface area contributed by atoms with Gasteiger partial charge in [0, 0.05) is 25.6 Å². The van der Waals surface area contributed by atoms with Crippen molar-refractivity contribution < 1.29 is 4.79 Å². The Bertz CT molecular complexity index is 453. The van der Waals surface area contributed by atoms with Gasteiger partial charge in [0.25, 0.3) is 5.56 Å². The van der Waals surface area contributed by atoms with E-state index in [0.29, 0.717) is 24.1 Å². The Morgan fingerprint density at radius 2 is 2.12 bits per heavy atom. The summed E-state index contributed by atoms with van der Waals surface area (Å²) in [6.07, 6.45) is 4.57. The van der Waals surface area contributed by atoms with Crippen molar-refractivity contribution in [3.63, 3.8) is 0 Å². The van der Waals surface area contributed by atoms with E-state index in [1.165, 1.54) is 10.7 Å². The number of nitrogens with two attached hydrogens (primary N) is 1. The molecule has 1 aliphatic rings. The largest absolute Gasteiger partial charge is 0.328 e. The normalized spacial score (nSPS) is 24.8. The van der Waals surface area contributed by atoms with Gasteiger partial charge in [-0.25, -0.2) is 0 Å². The first kappa shape index (κ1) is 12.1. The summed E-state index contributed by atoms with van der Waals surface area (Å²) >= 11 is 0. The standard InChI is InChI=1S/C12H19N3O2/c1-15-10(7-12(17)14-15)11(16)6-8-2-4-9(13)5-3-8/h7-9H,2-6,13H2,1H3,(H,14,17). The highest BCUT2D eigenvalue weighted by Crippen LogP contribution is 2.26. The molecule has 2 rings (SSSR count). The number of ketones is 1. The van der Waals surface area contributed by atoms with E-state index in [-0.39, 0.29) is 11.3 Å². The van der Waals surface area contributed by atoms with Crippen LogP contribution in [0.3, 0.4) is 0 Å². The zero-order valence-electron chi connectivity index (χ0n) is 10.1. The average molecular weight is 237 g/mol. The molecule has 1 aliphatic carbocycles. The predicted molar refractivity (Wildman–Crippen MR) is 64.9 cm³/mol. The lowest BCUT2D eigenvalue weighted by Crippen LogP contribution is -2.27. The number of nitrogens with zero attached hydrogens (tertiary/aromatic N) is 1. The van der Waals surface area contributed by atoms with E-state index in [2.05, 4.69) is 5.10 Å². The first-order valence-electron chi connectivity index (χ1n) is 6.11. The molecule has 0 aromatic carbocycles. The second-order valence-corrected chi connectivity index (χ2v) is 4.97. The number of hydrogen-bond acceptors (Lipinski definition) is 3. The molecule has 1 fully saturated rings. The van der Waals surface area contributed by atoms with Crippen LogP contribution >= 0.6 is 0 Å². The summed E-state index contributed by atoms with van der Waals surface area (Å²) in [4.78, 5) is 23.1. The molecule has 0 saturated heterocycles. The maximum Gasteiger partial charge on any atom is 0.264 e. The SMILES string of the molecule is Cn1[nH]c(=O)cc1C(=O)CC1CCC(N)CC1. The molecule has 1 aromatic heterocycles. The number of aromatic amines is 1. The van der Waals surface area contributed by atoms with Gasteiger partial charge in [0.1, 0.15) is 5.69 Å². The van der Waals surface area contributed by atoms with Gasteiger partial charge in [0.15, 0.2) is 5.78 Å². The van der Waals surface area contributed by atoms with E-state index in [0.717, 1.165) is 25.7 Å². The van der Waals surface area contributed by atoms with E-state index >= 15 is 0 Å². The quantitative estimate of drug-likeness (QED) is 0.763. The van der Waals surface area contributed by atoms with E-state index < -0.39 is 0 Å². The molecule has 17 heavy (non-hydrogen) atoms. The minimum Gasteiger partial charge on any atom is -0.328 e. The van der Waals surface area contributed by atoms with Gasteiger partial charge in [-0.15, -0.1) is 0 Å². The van der Waals surface area contributed by atoms with E-state index in [1.807, 2.05) is 0 Å². The summed E-state index contributed by atoms with van der Waals surface area (Å²) in [6, 6.07) is 1.68. The van der Waals surface area contributed by atoms with E-state index in [1.54, 1.807) is 7.05 Å². The van der Waals surface area contributed by atoms with Crippen LogP contribution in [0.1, 0.15) is 42.6 Å². The molecule has 0 atom stereocenters. The highest BCUT2D eigenvalue weighted by atomic mass is 16.1. The van der Waals surface area contributed by atoms with Gasteiger partial charge in [-0.05, 0) is 31.6 Å². The summed E-state index contributed by atoms with van der Waals surface area (Å²) in [5.41, 5.74) is 6.09. The zero-order chi connectivity index (χ0) is 12.4. The summed E-state index contributed by atoms with van der Waals surface area (Å²) in [5, 5.41) is 2.55. The summed E-state index contributed by atoms with van der Waals surface area (Å²) in [5.74, 6) is 0.471. The maximum atomic E-state index is 12.0. The number of carbonyl (C=O) groups is 1. The molecule has 5 heteroatoms. The zero-order valence-corrected chi connectivity index (χ0v) is 10.1. The number of hydrogen-bond donors (Lipinski definition) is 2. The lowest BCUT2D eigenvalue weighted by atomic mass is 9.83. The fraction of sp³-hybridized carbons (Fsp3) is 0.667. The number of aryl methyl sites for hydroxylation is 1. The summed E-state index contributed by atoms with van der Waals surface area (Å²) in [7, 11) is 1.69. The van der Waals surface area contributed by atoms with Crippen LogP contribution in [0.15, 0.2) is 10.9 Å². The van der Waals surface area contributed by atoms with E-state index in [9.17, 15) is 9.59 Å². The molecular weight excluding hydrogens is 218 g/mol. The minimum atomic E-state index is -0.221. The van der Waals surface area contributed by atoms with Gasteiger partial charge in [-0.1, -0.05) is 0 Å². The number of H-pyrrole nitrogens is 1. The lowest BCUT2D eigenvalue weighted by molar-refractivity contribution is 0.0938. The molecule has 0 spiro atoms. The molecule has 5 nitrogen and oxygen atoms in total. The van der Waals surface area contributed by atoms with Crippen LogP contribution in [-0.4, -0.2) is 21.6 Å². The van der Waals surface area contributed by atoms with Crippen LogP contribution in [0.2, 0.25) is 0 Å². The second-order valence-electron chi connectivity index (χ2n) is 4.97. The van der Waals surface area contributed by atoms with Crippen LogP contribution in [0.4, 0.5) is 0 Å². The molecule has 0 aliphatic heterocycles. The molecule has 1 heterocycles. The Balaban J connectivity index is 1.97. The Morgan fingerprint density at radius 3 is 2.65 bits per heavy atom. The lowest BCUT2D eigenvalue weighted by Gasteiger charge is -2.25. The molecule has 1 saturated carbocycles. The molecule has 3 N–H and O–H groups in total. The molecular formula is C12H19N3O2. The summed E-state index contributed by atoms with van der Waals surface area (Å²) < 4.78 is 1.50. The molecule has 0 radical (unpaired) electrons. The highest BCUT2D eigenvalue weighted by molar-refractivity contribution is 5.94. The fourth-order valence-corrected chi connectivity index (χ4v) is 2.51. The van der Waals surface area contributed by atoms with Crippen molar-refractivity contribution in [2.24, 2.45) is 18.7 Å². The smallest absolute Gasteiger partial charge is 0.264 e. The van der Waals surface area contributed by atoms with Crippen molar-refractivity contribution in [1.82, 2.24) is 9.78 Å². The molecule has 0 bridgehead atoms. The number of rotatable bonds is 3. The molecule has 0 amide bonds. The predicted octanol–water partition coefficient (Wildman–Crippen LogP) is 0.804. The highest BCUT2D eigenvalue weighted by Gasteiger charge is 2.22. The van der Waals surface area contributed by atoms with Crippen molar-refractivity contribution in [3.05, 3.63) is 22.1 Å². The molecule has 0 unspecified atom stereocenters. The van der Waals surface area contributed by atoms with Crippen LogP contribution in [0, 0.1) is 5.92 Å². The van der Waals surface area contributed by atoms with Gasteiger partial charge in [-0.2, -0.15) is 0 Å². The number of aromatic nitrogens is 2. The molecule has 94 valence electrons. The van der Waals surface area contributed by atoms with Crippen molar-refractivity contribution >= 4 is 5.78 Å². The fourth-order valence-electron chi connectivity index (χ4n) is 2.51. The Kier molecular flexibility index (Phi) is 3.47. The number of nitrogens with one attached hydrogen (secondary N) is 1. The first-order chi connectivity index (χ1) is 8.06. The Morgan fingerprint density at radius 1 is 1.47 bits per heavy atom. The third-order valence-corrected chi connectivity index (χ3v) is 3.56. The minimum absolute atomic E-state index is 0.0475. The van der Waals surface area contributed by atoms with Gasteiger partial charge in [0.2, 0.25) is 0 Å². The number of carbonyl (C=O) groups excluding carboxylic acids is 1. The second kappa shape index (κ2) is 4.87. The van der Waals surface area contributed by atoms with Crippen LogP contribution < -0.4 is 11.3 Å². The summed E-state index contributed by atoms with van der Waals surface area (Å²) in [6.45, 7) is 0.